The van der Waals surface area contributed by atoms with E-state index in [1.807, 2.05) is 14.0 Å². The van der Waals surface area contributed by atoms with Gasteiger partial charge < -0.3 is 4.74 Å². The molecule has 0 aliphatic heterocycles. The molecule has 1 aliphatic carbocycles. The van der Waals surface area contributed by atoms with Crippen LogP contribution in [0.3, 0.4) is 0 Å². The van der Waals surface area contributed by atoms with E-state index in [9.17, 15) is 0 Å². The van der Waals surface area contributed by atoms with Crippen molar-refractivity contribution in [1.29, 1.82) is 0 Å². The third-order valence-electron chi connectivity index (χ3n) is 4.46. The molecule has 0 saturated heterocycles. The van der Waals surface area contributed by atoms with Crippen LogP contribution in [0.4, 0.5) is 0 Å². The van der Waals surface area contributed by atoms with Crippen LogP contribution in [0, 0.1) is 5.92 Å². The van der Waals surface area contributed by atoms with Crippen LogP contribution >= 0.6 is 11.6 Å². The molecule has 0 amide bonds. The molecule has 1 aromatic heterocycles. The lowest BCUT2D eigenvalue weighted by atomic mass is 9.74. The number of hydrazine groups is 1. The number of nitrogens with two attached hydrogens (primary N) is 1. The molecule has 2 rings (SSSR count). The summed E-state index contributed by atoms with van der Waals surface area (Å²) in [7, 11) is 1.89. The van der Waals surface area contributed by atoms with E-state index in [-0.39, 0.29) is 11.6 Å². The predicted molar refractivity (Wildman–Crippen MR) is 80.3 cm³/mol. The van der Waals surface area contributed by atoms with Crippen LogP contribution in [0.5, 0.6) is 0 Å². The number of nitrogens with zero attached hydrogens (tertiary/aromatic N) is 2. The molecule has 0 bridgehead atoms. The summed E-state index contributed by atoms with van der Waals surface area (Å²) in [6.45, 7) is 4.98. The van der Waals surface area contributed by atoms with Crippen LogP contribution in [-0.4, -0.2) is 22.0 Å². The maximum absolute atomic E-state index is 6.29. The van der Waals surface area contributed by atoms with Crippen LogP contribution in [0.1, 0.15) is 51.3 Å². The fourth-order valence-electron chi connectivity index (χ4n) is 3.28. The topological polar surface area (TPSA) is 65.1 Å². The number of nitrogens with one attached hydrogen (secondary N) is 1. The first-order valence-corrected chi connectivity index (χ1v) is 7.69. The second-order valence-electron chi connectivity index (χ2n) is 5.78. The van der Waals surface area contributed by atoms with Gasteiger partial charge in [0.1, 0.15) is 0 Å². The lowest BCUT2D eigenvalue weighted by Gasteiger charge is -2.44. The first kappa shape index (κ1) is 15.8. The highest BCUT2D eigenvalue weighted by atomic mass is 35.5. The molecular formula is C14H25ClN4O. The highest BCUT2D eigenvalue weighted by molar-refractivity contribution is 6.31. The molecule has 0 aromatic carbocycles. The van der Waals surface area contributed by atoms with Crippen molar-refractivity contribution in [2.45, 2.75) is 51.2 Å². The van der Waals surface area contributed by atoms with Crippen molar-refractivity contribution in [3.05, 3.63) is 16.9 Å². The SMILES string of the molecule is CCOC1(C(NN)c2c(Cl)cnn2C)CCC(C)CC1. The van der Waals surface area contributed by atoms with Gasteiger partial charge >= 0.3 is 0 Å². The highest BCUT2D eigenvalue weighted by Gasteiger charge is 2.44. The summed E-state index contributed by atoms with van der Waals surface area (Å²) in [5, 5.41) is 4.85. The Hall–Kier alpha value is -0.620. The zero-order valence-electron chi connectivity index (χ0n) is 12.5. The fraction of sp³-hybridized carbons (Fsp3) is 0.786. The van der Waals surface area contributed by atoms with E-state index in [1.54, 1.807) is 10.9 Å². The molecule has 1 fully saturated rings. The summed E-state index contributed by atoms with van der Waals surface area (Å²) in [6, 6.07) is -0.144. The van der Waals surface area contributed by atoms with Crippen molar-refractivity contribution < 1.29 is 4.74 Å². The second kappa shape index (κ2) is 6.43. The van der Waals surface area contributed by atoms with Gasteiger partial charge in [-0.1, -0.05) is 18.5 Å². The Morgan fingerprint density at radius 1 is 1.60 bits per heavy atom. The molecule has 5 nitrogen and oxygen atoms in total. The quantitative estimate of drug-likeness (QED) is 0.648. The van der Waals surface area contributed by atoms with Crippen molar-refractivity contribution in [3.8, 4) is 0 Å². The zero-order chi connectivity index (χ0) is 14.8. The monoisotopic (exact) mass is 300 g/mol. The van der Waals surface area contributed by atoms with E-state index < -0.39 is 0 Å². The lowest BCUT2D eigenvalue weighted by molar-refractivity contribution is -0.0991. The summed E-state index contributed by atoms with van der Waals surface area (Å²) in [6.07, 6.45) is 5.92. The maximum atomic E-state index is 6.29. The fourth-order valence-corrected chi connectivity index (χ4v) is 3.55. The molecule has 1 atom stereocenters. The lowest BCUT2D eigenvalue weighted by Crippen LogP contribution is -2.51. The number of ether oxygens (including phenoxy) is 1. The van der Waals surface area contributed by atoms with E-state index in [1.165, 1.54) is 0 Å². The summed E-state index contributed by atoms with van der Waals surface area (Å²) >= 11 is 6.29. The number of aryl methyl sites for hydroxylation is 1. The average Bonchev–Trinajstić information content (AvgIpc) is 2.75. The van der Waals surface area contributed by atoms with Crippen molar-refractivity contribution >= 4 is 11.6 Å². The zero-order valence-corrected chi connectivity index (χ0v) is 13.3. The first-order chi connectivity index (χ1) is 9.54. The number of rotatable bonds is 5. The van der Waals surface area contributed by atoms with Gasteiger partial charge in [0.15, 0.2) is 0 Å². The van der Waals surface area contributed by atoms with E-state index >= 15 is 0 Å². The molecule has 1 saturated carbocycles. The summed E-state index contributed by atoms with van der Waals surface area (Å²) < 4.78 is 7.95. The number of halogens is 1. The predicted octanol–water partition coefficient (Wildman–Crippen LogP) is 2.56. The molecule has 20 heavy (non-hydrogen) atoms. The van der Waals surface area contributed by atoms with Gasteiger partial charge in [0.25, 0.3) is 0 Å². The Kier molecular flexibility index (Phi) is 5.07. The standard InChI is InChI=1S/C14H25ClN4O/c1-4-20-14(7-5-10(2)6-8-14)13(18-16)12-11(15)9-17-19(12)3/h9-10,13,18H,4-8,16H2,1-3H3. The minimum absolute atomic E-state index is 0.144. The molecule has 0 radical (unpaired) electrons. The van der Waals surface area contributed by atoms with Crippen LogP contribution in [0.2, 0.25) is 5.02 Å². The van der Waals surface area contributed by atoms with Crippen LogP contribution in [-0.2, 0) is 11.8 Å². The highest BCUT2D eigenvalue weighted by Crippen LogP contribution is 2.44. The van der Waals surface area contributed by atoms with Crippen molar-refractivity contribution in [2.75, 3.05) is 6.61 Å². The average molecular weight is 301 g/mol. The number of hydrogen-bond donors (Lipinski definition) is 2. The molecule has 114 valence electrons. The van der Waals surface area contributed by atoms with E-state index in [2.05, 4.69) is 17.4 Å². The molecule has 1 aromatic rings. The Morgan fingerprint density at radius 3 is 2.70 bits per heavy atom. The van der Waals surface area contributed by atoms with E-state index in [4.69, 9.17) is 22.2 Å². The molecule has 1 unspecified atom stereocenters. The molecule has 1 aliphatic rings. The largest absolute Gasteiger partial charge is 0.373 e. The Balaban J connectivity index is 2.35. The van der Waals surface area contributed by atoms with E-state index in [0.29, 0.717) is 11.6 Å². The maximum Gasteiger partial charge on any atom is 0.0933 e. The van der Waals surface area contributed by atoms with Gasteiger partial charge in [-0.3, -0.25) is 10.5 Å². The van der Waals surface area contributed by atoms with Gasteiger partial charge in [-0.25, -0.2) is 5.43 Å². The van der Waals surface area contributed by atoms with Crippen molar-refractivity contribution in [1.82, 2.24) is 15.2 Å². The molecule has 1 heterocycles. The minimum Gasteiger partial charge on any atom is -0.373 e. The molecule has 6 heteroatoms. The Morgan fingerprint density at radius 2 is 2.25 bits per heavy atom. The van der Waals surface area contributed by atoms with Gasteiger partial charge in [0.05, 0.1) is 28.6 Å². The third kappa shape index (κ3) is 2.86. The van der Waals surface area contributed by atoms with Crippen molar-refractivity contribution in [3.63, 3.8) is 0 Å². The van der Waals surface area contributed by atoms with Crippen LogP contribution in [0.25, 0.3) is 0 Å². The third-order valence-corrected chi connectivity index (χ3v) is 4.75. The minimum atomic E-state index is -0.298. The normalized spacial score (nSPS) is 28.6. The van der Waals surface area contributed by atoms with Gasteiger partial charge in [0, 0.05) is 13.7 Å². The van der Waals surface area contributed by atoms with Gasteiger partial charge in [-0.05, 0) is 38.5 Å². The molecule has 3 N–H and O–H groups in total. The van der Waals surface area contributed by atoms with Gasteiger partial charge in [0.2, 0.25) is 0 Å². The van der Waals surface area contributed by atoms with Crippen LogP contribution < -0.4 is 11.3 Å². The number of hydrogen-bond acceptors (Lipinski definition) is 4. The van der Waals surface area contributed by atoms with Crippen molar-refractivity contribution in [2.24, 2.45) is 18.8 Å². The first-order valence-electron chi connectivity index (χ1n) is 7.31. The smallest absolute Gasteiger partial charge is 0.0933 e. The Labute approximate surface area is 125 Å². The van der Waals surface area contributed by atoms with E-state index in [0.717, 1.165) is 37.3 Å². The second-order valence-corrected chi connectivity index (χ2v) is 6.19. The van der Waals surface area contributed by atoms with Crippen LogP contribution in [0.15, 0.2) is 6.20 Å². The summed E-state index contributed by atoms with van der Waals surface area (Å²) in [4.78, 5) is 0. The summed E-state index contributed by atoms with van der Waals surface area (Å²) in [5.74, 6) is 6.59. The molecular weight excluding hydrogens is 276 g/mol. The molecule has 0 spiro atoms. The number of aromatic nitrogens is 2. The Bertz CT molecular complexity index is 421. The van der Waals surface area contributed by atoms with Gasteiger partial charge in [-0.2, -0.15) is 5.10 Å². The van der Waals surface area contributed by atoms with Gasteiger partial charge in [-0.15, -0.1) is 0 Å². The summed E-state index contributed by atoms with van der Waals surface area (Å²) in [5.41, 5.74) is 3.53.